The molecule has 33 heavy (non-hydrogen) atoms. The number of furan rings is 1. The first-order valence-electron chi connectivity index (χ1n) is 10.2. The van der Waals surface area contributed by atoms with Gasteiger partial charge < -0.3 is 9.52 Å². The van der Waals surface area contributed by atoms with Crippen LogP contribution in [0.4, 0.5) is 5.69 Å². The molecule has 1 unspecified atom stereocenters. The van der Waals surface area contributed by atoms with Crippen LogP contribution >= 0.6 is 23.2 Å². The highest BCUT2D eigenvalue weighted by atomic mass is 35.5. The quantitative estimate of drug-likeness (QED) is 0.327. The van der Waals surface area contributed by atoms with Crippen molar-refractivity contribution in [3.63, 3.8) is 0 Å². The predicted molar refractivity (Wildman–Crippen MR) is 128 cm³/mol. The van der Waals surface area contributed by atoms with Crippen LogP contribution in [0.2, 0.25) is 10.0 Å². The van der Waals surface area contributed by atoms with E-state index in [1.54, 1.807) is 60.7 Å². The van der Waals surface area contributed by atoms with Gasteiger partial charge in [0.15, 0.2) is 11.5 Å². The number of halogens is 2. The second kappa shape index (κ2) is 8.10. The van der Waals surface area contributed by atoms with Crippen molar-refractivity contribution in [1.82, 2.24) is 0 Å². The van der Waals surface area contributed by atoms with Gasteiger partial charge in [0.25, 0.3) is 5.91 Å². The number of aryl methyl sites for hydroxylation is 1. The number of anilines is 1. The van der Waals surface area contributed by atoms with Crippen molar-refractivity contribution in [3.05, 3.63) is 111 Å². The third-order valence-corrected chi connectivity index (χ3v) is 6.38. The maximum absolute atomic E-state index is 13.6. The lowest BCUT2D eigenvalue weighted by Gasteiger charge is -2.27. The molecule has 0 saturated heterocycles. The summed E-state index contributed by atoms with van der Waals surface area (Å²) in [5.74, 6) is -1.86. The third kappa shape index (κ3) is 3.59. The van der Waals surface area contributed by atoms with Crippen LogP contribution in [-0.4, -0.2) is 16.8 Å². The van der Waals surface area contributed by atoms with E-state index in [0.29, 0.717) is 26.9 Å². The summed E-state index contributed by atoms with van der Waals surface area (Å²) < 4.78 is 5.74. The molecule has 1 aromatic heterocycles. The Morgan fingerprint density at radius 1 is 1.00 bits per heavy atom. The van der Waals surface area contributed by atoms with Gasteiger partial charge in [-0.05, 0) is 54.4 Å². The van der Waals surface area contributed by atoms with Crippen molar-refractivity contribution in [2.24, 2.45) is 0 Å². The topological polar surface area (TPSA) is 70.8 Å². The van der Waals surface area contributed by atoms with Crippen molar-refractivity contribution in [2.75, 3.05) is 4.90 Å². The monoisotopic (exact) mass is 477 g/mol. The van der Waals surface area contributed by atoms with E-state index in [0.717, 1.165) is 10.9 Å². The summed E-state index contributed by atoms with van der Waals surface area (Å²) in [5, 5.41) is 12.6. The van der Waals surface area contributed by atoms with E-state index in [4.69, 9.17) is 27.6 Å². The summed E-state index contributed by atoms with van der Waals surface area (Å²) in [6, 6.07) is 19.8. The first-order valence-corrected chi connectivity index (χ1v) is 10.9. The van der Waals surface area contributed by atoms with E-state index in [9.17, 15) is 14.7 Å². The average molecular weight is 478 g/mol. The van der Waals surface area contributed by atoms with Gasteiger partial charge in [-0.2, -0.15) is 0 Å². The Hall–Kier alpha value is -3.54. The first kappa shape index (κ1) is 21.3. The molecule has 0 spiro atoms. The Labute approximate surface area is 199 Å². The standard InChI is InChI=1S/C26H17Cl2NO4/c1-14-6-11-18(13-19(14)28)29-23(15-7-9-17(27)10-8-15)22(25(31)26(29)32)24(30)21-12-16-4-2-3-5-20(16)33-21/h2-13,23,31H,1H3. The Kier molecular flexibility index (Phi) is 5.23. The number of carbonyl (C=O) groups is 2. The fraction of sp³-hybridized carbons (Fsp3) is 0.0769. The van der Waals surface area contributed by atoms with Gasteiger partial charge in [-0.1, -0.05) is 59.6 Å². The summed E-state index contributed by atoms with van der Waals surface area (Å²) in [5.41, 5.74) is 2.36. The summed E-state index contributed by atoms with van der Waals surface area (Å²) >= 11 is 12.4. The van der Waals surface area contributed by atoms with Gasteiger partial charge in [-0.25, -0.2) is 0 Å². The molecule has 0 aliphatic carbocycles. The number of hydrogen-bond donors (Lipinski definition) is 1. The highest BCUT2D eigenvalue weighted by Crippen LogP contribution is 2.43. The Bertz CT molecular complexity index is 1420. The van der Waals surface area contributed by atoms with E-state index >= 15 is 0 Å². The third-order valence-electron chi connectivity index (χ3n) is 5.72. The first-order chi connectivity index (χ1) is 15.8. The molecule has 3 aromatic carbocycles. The van der Waals surface area contributed by atoms with Crippen molar-refractivity contribution in [2.45, 2.75) is 13.0 Å². The molecule has 0 bridgehead atoms. The number of Topliss-reactive ketones (excluding diaryl/α,β-unsaturated/α-hetero) is 1. The SMILES string of the molecule is Cc1ccc(N2C(=O)C(O)=C(C(=O)c3cc4ccccc4o3)C2c2ccc(Cl)cc2)cc1Cl. The number of benzene rings is 3. The zero-order valence-electron chi connectivity index (χ0n) is 17.4. The Morgan fingerprint density at radius 3 is 2.42 bits per heavy atom. The van der Waals surface area contributed by atoms with E-state index in [-0.39, 0.29) is 11.3 Å². The number of amides is 1. The maximum Gasteiger partial charge on any atom is 0.294 e. The van der Waals surface area contributed by atoms with Crippen LogP contribution in [0.5, 0.6) is 0 Å². The molecule has 4 aromatic rings. The highest BCUT2D eigenvalue weighted by Gasteiger charge is 2.45. The summed E-state index contributed by atoms with van der Waals surface area (Å²) in [6.45, 7) is 1.85. The molecule has 0 fully saturated rings. The number of hydrogen-bond acceptors (Lipinski definition) is 4. The number of aliphatic hydroxyl groups excluding tert-OH is 1. The van der Waals surface area contributed by atoms with Gasteiger partial charge in [0, 0.05) is 21.1 Å². The van der Waals surface area contributed by atoms with Crippen LogP contribution in [0.1, 0.15) is 27.7 Å². The Balaban J connectivity index is 1.67. The number of ketones is 1. The van der Waals surface area contributed by atoms with E-state index in [1.165, 1.54) is 4.90 Å². The van der Waals surface area contributed by atoms with Crippen molar-refractivity contribution in [1.29, 1.82) is 0 Å². The van der Waals surface area contributed by atoms with E-state index in [2.05, 4.69) is 0 Å². The van der Waals surface area contributed by atoms with E-state index in [1.807, 2.05) is 19.1 Å². The number of aliphatic hydroxyl groups is 1. The van der Waals surface area contributed by atoms with Gasteiger partial charge in [0.05, 0.1) is 11.6 Å². The Morgan fingerprint density at radius 2 is 1.73 bits per heavy atom. The van der Waals surface area contributed by atoms with Gasteiger partial charge >= 0.3 is 0 Å². The molecule has 2 heterocycles. The van der Waals surface area contributed by atoms with Crippen LogP contribution in [0.3, 0.4) is 0 Å². The van der Waals surface area contributed by atoms with Crippen molar-refractivity contribution >= 4 is 51.5 Å². The zero-order chi connectivity index (χ0) is 23.3. The lowest BCUT2D eigenvalue weighted by Crippen LogP contribution is -2.31. The van der Waals surface area contributed by atoms with E-state index < -0.39 is 23.5 Å². The van der Waals surface area contributed by atoms with Crippen LogP contribution in [0, 0.1) is 6.92 Å². The molecule has 1 N–H and O–H groups in total. The van der Waals surface area contributed by atoms with Gasteiger partial charge in [-0.3, -0.25) is 14.5 Å². The second-order valence-corrected chi connectivity index (χ2v) is 8.65. The molecule has 0 saturated carbocycles. The molecule has 164 valence electrons. The van der Waals surface area contributed by atoms with Crippen LogP contribution in [-0.2, 0) is 4.79 Å². The fourth-order valence-corrected chi connectivity index (χ4v) is 4.32. The number of para-hydroxylation sites is 1. The minimum Gasteiger partial charge on any atom is -0.503 e. The van der Waals surface area contributed by atoms with Crippen LogP contribution in [0.25, 0.3) is 11.0 Å². The van der Waals surface area contributed by atoms with Gasteiger partial charge in [0.1, 0.15) is 5.58 Å². The number of fused-ring (bicyclic) bond motifs is 1. The summed E-state index contributed by atoms with van der Waals surface area (Å²) in [6.07, 6.45) is 0. The molecule has 7 heteroatoms. The number of nitrogens with zero attached hydrogens (tertiary/aromatic N) is 1. The lowest BCUT2D eigenvalue weighted by molar-refractivity contribution is -0.117. The summed E-state index contributed by atoms with van der Waals surface area (Å²) in [4.78, 5) is 28.2. The second-order valence-electron chi connectivity index (χ2n) is 7.80. The molecule has 1 atom stereocenters. The van der Waals surface area contributed by atoms with Crippen molar-refractivity contribution in [3.8, 4) is 0 Å². The predicted octanol–water partition coefficient (Wildman–Crippen LogP) is 6.83. The minimum atomic E-state index is -0.894. The average Bonchev–Trinajstić information content (AvgIpc) is 3.35. The molecule has 5 rings (SSSR count). The minimum absolute atomic E-state index is 0.0355. The molecule has 1 aliphatic heterocycles. The number of carbonyl (C=O) groups excluding carboxylic acids is 2. The number of rotatable bonds is 4. The van der Waals surface area contributed by atoms with Gasteiger partial charge in [-0.15, -0.1) is 0 Å². The van der Waals surface area contributed by atoms with Gasteiger partial charge in [0.2, 0.25) is 5.78 Å². The molecular formula is C26H17Cl2NO4. The summed E-state index contributed by atoms with van der Waals surface area (Å²) in [7, 11) is 0. The molecule has 0 radical (unpaired) electrons. The lowest BCUT2D eigenvalue weighted by atomic mass is 9.94. The normalized spacial score (nSPS) is 16.2. The maximum atomic E-state index is 13.6. The molecular weight excluding hydrogens is 461 g/mol. The molecule has 1 aliphatic rings. The highest BCUT2D eigenvalue weighted by molar-refractivity contribution is 6.32. The molecule has 1 amide bonds. The fourth-order valence-electron chi connectivity index (χ4n) is 4.02. The zero-order valence-corrected chi connectivity index (χ0v) is 18.9. The van der Waals surface area contributed by atoms with Crippen molar-refractivity contribution < 1.29 is 19.1 Å². The largest absolute Gasteiger partial charge is 0.503 e. The van der Waals surface area contributed by atoms with Crippen LogP contribution in [0.15, 0.2) is 88.5 Å². The van der Waals surface area contributed by atoms with Crippen LogP contribution < -0.4 is 4.90 Å². The smallest absolute Gasteiger partial charge is 0.294 e. The molecule has 5 nitrogen and oxygen atoms in total.